The number of likely N-dealkylation sites (N-methyl/N-ethyl adjacent to an activating group) is 1. The number of nitrogens with one attached hydrogen (secondary N) is 1. The van der Waals surface area contributed by atoms with E-state index in [1.54, 1.807) is 0 Å². The molecule has 0 bridgehead atoms. The fourth-order valence-electron chi connectivity index (χ4n) is 1.70. The molecule has 0 spiro atoms. The van der Waals surface area contributed by atoms with Gasteiger partial charge in [0.2, 0.25) is 11.7 Å². The van der Waals surface area contributed by atoms with E-state index >= 15 is 0 Å². The smallest absolute Gasteiger partial charge is 0.308 e. The number of hydrogen-bond donors (Lipinski definition) is 1. The summed E-state index contributed by atoms with van der Waals surface area (Å²) in [6, 6.07) is 1.28. The molecule has 2 aromatic rings. The Morgan fingerprint density at radius 2 is 2.14 bits per heavy atom. The molecule has 0 aliphatic carbocycles. The monoisotopic (exact) mass is 298 g/mol. The minimum absolute atomic E-state index is 0.234. The summed E-state index contributed by atoms with van der Waals surface area (Å²) in [6.07, 6.45) is 0.417. The van der Waals surface area contributed by atoms with Crippen molar-refractivity contribution < 1.29 is 18.1 Å². The van der Waals surface area contributed by atoms with Crippen LogP contribution in [0.2, 0.25) is 0 Å². The third kappa shape index (κ3) is 3.37. The van der Waals surface area contributed by atoms with Gasteiger partial charge in [-0.3, -0.25) is 10.1 Å². The molecular formula is C12H12F2N4O3. The summed E-state index contributed by atoms with van der Waals surface area (Å²) in [4.78, 5) is 9.65. The topological polar surface area (TPSA) is 94.1 Å². The summed E-state index contributed by atoms with van der Waals surface area (Å²) in [5.74, 6) is -2.22. The van der Waals surface area contributed by atoms with E-state index in [9.17, 15) is 18.9 Å². The molecule has 0 saturated heterocycles. The molecule has 9 heteroatoms. The number of nitro groups is 1. The van der Waals surface area contributed by atoms with Crippen LogP contribution < -0.4 is 5.32 Å². The van der Waals surface area contributed by atoms with Crippen molar-refractivity contribution >= 4 is 5.69 Å². The van der Waals surface area contributed by atoms with Crippen LogP contribution in [0.3, 0.4) is 0 Å². The van der Waals surface area contributed by atoms with Crippen LogP contribution in [0.1, 0.15) is 12.8 Å². The molecule has 0 aliphatic heterocycles. The van der Waals surface area contributed by atoms with Crippen LogP contribution in [0.4, 0.5) is 14.5 Å². The highest BCUT2D eigenvalue weighted by Gasteiger charge is 2.24. The number of hydrogen-bond acceptors (Lipinski definition) is 6. The molecule has 0 radical (unpaired) electrons. The van der Waals surface area contributed by atoms with Crippen molar-refractivity contribution in [3.63, 3.8) is 0 Å². The first-order chi connectivity index (χ1) is 10.0. The summed E-state index contributed by atoms with van der Waals surface area (Å²) in [6.45, 7) is 3.29. The van der Waals surface area contributed by atoms with Crippen molar-refractivity contribution in [3.8, 4) is 11.5 Å². The second-order valence-electron chi connectivity index (χ2n) is 4.15. The van der Waals surface area contributed by atoms with Crippen LogP contribution in [-0.4, -0.2) is 28.2 Å². The molecule has 1 N–H and O–H groups in total. The van der Waals surface area contributed by atoms with Gasteiger partial charge >= 0.3 is 5.69 Å². The largest absolute Gasteiger partial charge is 0.421 e. The van der Waals surface area contributed by atoms with Gasteiger partial charge in [0.25, 0.3) is 5.89 Å². The zero-order valence-electron chi connectivity index (χ0n) is 11.1. The number of benzene rings is 1. The van der Waals surface area contributed by atoms with Crippen molar-refractivity contribution in [2.75, 3.05) is 13.1 Å². The van der Waals surface area contributed by atoms with E-state index in [0.717, 1.165) is 12.6 Å². The van der Waals surface area contributed by atoms with Gasteiger partial charge in [0.05, 0.1) is 16.6 Å². The number of halogens is 2. The highest BCUT2D eigenvalue weighted by Crippen LogP contribution is 2.29. The SMILES string of the molecule is CCNCCc1nnc(-c2cc(F)cc([N+](=O)[O-])c2F)o1. The lowest BCUT2D eigenvalue weighted by atomic mass is 10.2. The molecule has 0 atom stereocenters. The minimum Gasteiger partial charge on any atom is -0.421 e. The van der Waals surface area contributed by atoms with Gasteiger partial charge in [-0.05, 0) is 12.6 Å². The predicted molar refractivity (Wildman–Crippen MR) is 68.6 cm³/mol. The van der Waals surface area contributed by atoms with E-state index in [2.05, 4.69) is 15.5 Å². The Kier molecular flexibility index (Phi) is 4.53. The Bertz CT molecular complexity index is 660. The molecule has 0 unspecified atom stereocenters. The van der Waals surface area contributed by atoms with Crippen LogP contribution in [0.25, 0.3) is 11.5 Å². The highest BCUT2D eigenvalue weighted by atomic mass is 19.1. The summed E-state index contributed by atoms with van der Waals surface area (Å²) in [5, 5.41) is 21.0. The second-order valence-corrected chi connectivity index (χ2v) is 4.15. The van der Waals surface area contributed by atoms with Gasteiger partial charge in [0.15, 0.2) is 0 Å². The average molecular weight is 298 g/mol. The Balaban J connectivity index is 2.32. The zero-order valence-corrected chi connectivity index (χ0v) is 11.1. The maximum Gasteiger partial charge on any atom is 0.308 e. The molecular weight excluding hydrogens is 286 g/mol. The maximum atomic E-state index is 14.0. The van der Waals surface area contributed by atoms with Gasteiger partial charge in [-0.1, -0.05) is 6.92 Å². The van der Waals surface area contributed by atoms with Crippen molar-refractivity contribution in [1.82, 2.24) is 15.5 Å². The predicted octanol–water partition coefficient (Wildman–Crippen LogP) is 2.07. The van der Waals surface area contributed by atoms with E-state index in [4.69, 9.17) is 4.42 Å². The molecule has 0 fully saturated rings. The number of aromatic nitrogens is 2. The second kappa shape index (κ2) is 6.35. The summed E-state index contributed by atoms with van der Waals surface area (Å²) >= 11 is 0. The zero-order chi connectivity index (χ0) is 15.4. The first-order valence-electron chi connectivity index (χ1n) is 6.19. The van der Waals surface area contributed by atoms with Gasteiger partial charge in [-0.25, -0.2) is 4.39 Å². The summed E-state index contributed by atoms with van der Waals surface area (Å²) < 4.78 is 32.5. The Morgan fingerprint density at radius 3 is 2.81 bits per heavy atom. The summed E-state index contributed by atoms with van der Waals surface area (Å²) in [7, 11) is 0. The third-order valence-corrected chi connectivity index (χ3v) is 2.68. The molecule has 0 aliphatic rings. The van der Waals surface area contributed by atoms with Gasteiger partial charge in [-0.2, -0.15) is 4.39 Å². The van der Waals surface area contributed by atoms with E-state index in [1.165, 1.54) is 0 Å². The van der Waals surface area contributed by atoms with Crippen LogP contribution in [-0.2, 0) is 6.42 Å². The van der Waals surface area contributed by atoms with Crippen LogP contribution >= 0.6 is 0 Å². The Labute approximate surface area is 118 Å². The minimum atomic E-state index is -1.21. The van der Waals surface area contributed by atoms with Gasteiger partial charge in [0.1, 0.15) is 5.82 Å². The van der Waals surface area contributed by atoms with Crippen LogP contribution in [0.5, 0.6) is 0 Å². The lowest BCUT2D eigenvalue weighted by Gasteiger charge is -2.00. The van der Waals surface area contributed by atoms with Gasteiger partial charge in [0, 0.05) is 13.0 Å². The van der Waals surface area contributed by atoms with Crippen LogP contribution in [0, 0.1) is 21.7 Å². The molecule has 2 rings (SSSR count). The van der Waals surface area contributed by atoms with Crippen molar-refractivity contribution in [3.05, 3.63) is 39.8 Å². The molecule has 1 heterocycles. The normalized spacial score (nSPS) is 10.8. The van der Waals surface area contributed by atoms with Crippen molar-refractivity contribution in [1.29, 1.82) is 0 Å². The highest BCUT2D eigenvalue weighted by molar-refractivity contribution is 5.59. The number of rotatable bonds is 6. The first kappa shape index (κ1) is 15.0. The number of nitrogens with zero attached hydrogens (tertiary/aromatic N) is 3. The molecule has 7 nitrogen and oxygen atoms in total. The first-order valence-corrected chi connectivity index (χ1v) is 6.19. The van der Waals surface area contributed by atoms with E-state index < -0.39 is 27.8 Å². The van der Waals surface area contributed by atoms with Crippen molar-refractivity contribution in [2.45, 2.75) is 13.3 Å². The molecule has 1 aromatic carbocycles. The maximum absolute atomic E-state index is 14.0. The molecule has 21 heavy (non-hydrogen) atoms. The fourth-order valence-corrected chi connectivity index (χ4v) is 1.70. The Hall–Kier alpha value is -2.42. The lowest BCUT2D eigenvalue weighted by Crippen LogP contribution is -2.16. The van der Waals surface area contributed by atoms with Crippen LogP contribution in [0.15, 0.2) is 16.5 Å². The van der Waals surface area contributed by atoms with E-state index in [-0.39, 0.29) is 11.8 Å². The van der Waals surface area contributed by atoms with E-state index in [1.807, 2.05) is 6.92 Å². The van der Waals surface area contributed by atoms with Gasteiger partial charge in [-0.15, -0.1) is 10.2 Å². The fraction of sp³-hybridized carbons (Fsp3) is 0.333. The molecule has 0 amide bonds. The lowest BCUT2D eigenvalue weighted by molar-refractivity contribution is -0.387. The van der Waals surface area contributed by atoms with E-state index in [0.29, 0.717) is 19.0 Å². The van der Waals surface area contributed by atoms with Gasteiger partial charge < -0.3 is 9.73 Å². The molecule has 0 saturated carbocycles. The van der Waals surface area contributed by atoms with Crippen molar-refractivity contribution in [2.24, 2.45) is 0 Å². The summed E-state index contributed by atoms with van der Waals surface area (Å²) in [5.41, 5.74) is -1.40. The number of nitro benzene ring substituents is 1. The quantitative estimate of drug-likeness (QED) is 0.498. The Morgan fingerprint density at radius 1 is 1.38 bits per heavy atom. The third-order valence-electron chi connectivity index (χ3n) is 2.68. The standard InChI is InChI=1S/C12H12F2N4O3/c1-2-15-4-3-10-16-17-12(21-10)8-5-7(13)6-9(11(8)14)18(19)20/h5-6,15H,2-4H2,1H3. The molecule has 112 valence electrons. The average Bonchev–Trinajstić information content (AvgIpc) is 2.89. The molecule has 1 aromatic heterocycles.